The van der Waals surface area contributed by atoms with E-state index in [4.69, 9.17) is 4.74 Å². The Morgan fingerprint density at radius 2 is 1.86 bits per heavy atom. The lowest BCUT2D eigenvalue weighted by atomic mass is 10.0. The van der Waals surface area contributed by atoms with Gasteiger partial charge in [0.05, 0.1) is 18.5 Å². The minimum Gasteiger partial charge on any atom is -0.468 e. The molecule has 2 saturated heterocycles. The van der Waals surface area contributed by atoms with Crippen LogP contribution in [0, 0.1) is 0 Å². The molecule has 0 unspecified atom stereocenters. The van der Waals surface area contributed by atoms with E-state index in [9.17, 15) is 9.59 Å². The Hall–Kier alpha value is -1.58. The van der Waals surface area contributed by atoms with Crippen molar-refractivity contribution in [2.75, 3.05) is 63.2 Å². The van der Waals surface area contributed by atoms with E-state index in [1.165, 1.54) is 20.0 Å². The Bertz CT molecular complexity index is 638. The average molecular weight is 448 g/mol. The maximum Gasteiger partial charge on any atom is 0.326 e. The molecule has 8 nitrogen and oxygen atoms in total. The number of methoxy groups -OCH3 is 1. The highest BCUT2D eigenvalue weighted by atomic mass is 35.5. The molecular weight excluding hydrogens is 417 g/mol. The molecule has 1 amide bonds. The fourth-order valence-electron chi connectivity index (χ4n) is 3.90. The van der Waals surface area contributed by atoms with E-state index >= 15 is 0 Å². The number of hydrazine groups is 1. The molecule has 0 spiro atoms. The second-order valence-electron chi connectivity index (χ2n) is 6.88. The summed E-state index contributed by atoms with van der Waals surface area (Å²) in [5, 5.41) is 10.3. The number of carbonyl (C=O) groups excluding carboxylic acids is 2. The summed E-state index contributed by atoms with van der Waals surface area (Å²) in [6.07, 6.45) is 3.04. The first kappa shape index (κ1) is 25.5. The van der Waals surface area contributed by atoms with Crippen molar-refractivity contribution in [2.45, 2.75) is 18.9 Å². The highest BCUT2D eigenvalue weighted by molar-refractivity contribution is 5.86. The van der Waals surface area contributed by atoms with E-state index in [0.29, 0.717) is 18.1 Å². The van der Waals surface area contributed by atoms with E-state index in [1.807, 2.05) is 29.3 Å². The predicted octanol–water partition coefficient (Wildman–Crippen LogP) is 1.36. The fourth-order valence-corrected chi connectivity index (χ4v) is 3.90. The molecule has 2 aliphatic heterocycles. The number of para-hydroxylation sites is 2. The number of ether oxygens (including phenoxy) is 1. The minimum absolute atomic E-state index is 0. The van der Waals surface area contributed by atoms with E-state index in [1.54, 1.807) is 0 Å². The van der Waals surface area contributed by atoms with Crippen LogP contribution in [0.15, 0.2) is 24.3 Å². The maximum atomic E-state index is 12.0. The lowest BCUT2D eigenvalue weighted by Gasteiger charge is -2.45. The van der Waals surface area contributed by atoms with Crippen molar-refractivity contribution in [1.29, 1.82) is 0 Å². The first-order valence-electron chi connectivity index (χ1n) is 9.56. The monoisotopic (exact) mass is 447 g/mol. The van der Waals surface area contributed by atoms with Crippen molar-refractivity contribution >= 4 is 48.6 Å². The van der Waals surface area contributed by atoms with Crippen LogP contribution in [0.4, 0.5) is 11.4 Å². The Kier molecular flexibility index (Phi) is 11.3. The van der Waals surface area contributed by atoms with Crippen LogP contribution in [0.5, 0.6) is 0 Å². The number of amides is 1. The van der Waals surface area contributed by atoms with Gasteiger partial charge < -0.3 is 15.4 Å². The van der Waals surface area contributed by atoms with Gasteiger partial charge in [0.25, 0.3) is 0 Å². The molecule has 0 atom stereocenters. The molecule has 0 saturated carbocycles. The van der Waals surface area contributed by atoms with Crippen LogP contribution in [-0.4, -0.2) is 81.3 Å². The van der Waals surface area contributed by atoms with Crippen LogP contribution in [-0.2, 0) is 14.3 Å². The zero-order valence-corrected chi connectivity index (χ0v) is 18.3. The van der Waals surface area contributed by atoms with Crippen molar-refractivity contribution in [3.8, 4) is 0 Å². The molecule has 0 aromatic heterocycles. The molecule has 164 valence electrons. The standard InChI is InChI=1S/C19H29N5O3.2ClH/c1-27-19(26)14-24(18-5-3-2-4-17(18)21-15-25)23-12-10-22(11-13-23)16-6-8-20-9-7-16;;/h2-5,15-16,20H,6-14H2,1H3,(H,21,25);2*1H. The van der Waals surface area contributed by atoms with Crippen LogP contribution in [0.3, 0.4) is 0 Å². The third-order valence-corrected chi connectivity index (χ3v) is 5.36. The lowest BCUT2D eigenvalue weighted by Crippen LogP contribution is -2.58. The maximum absolute atomic E-state index is 12.0. The first-order valence-corrected chi connectivity index (χ1v) is 9.56. The van der Waals surface area contributed by atoms with Crippen molar-refractivity contribution in [3.63, 3.8) is 0 Å². The number of hydrogen-bond donors (Lipinski definition) is 2. The number of benzene rings is 1. The average Bonchev–Trinajstić information content (AvgIpc) is 2.73. The highest BCUT2D eigenvalue weighted by Crippen LogP contribution is 2.27. The second kappa shape index (κ2) is 12.9. The third kappa shape index (κ3) is 6.72. The van der Waals surface area contributed by atoms with Crippen LogP contribution in [0.2, 0.25) is 0 Å². The number of piperidine rings is 1. The van der Waals surface area contributed by atoms with Gasteiger partial charge in [-0.15, -0.1) is 24.8 Å². The Balaban J connectivity index is 0.00000210. The highest BCUT2D eigenvalue weighted by Gasteiger charge is 2.29. The van der Waals surface area contributed by atoms with Crippen LogP contribution in [0.25, 0.3) is 0 Å². The summed E-state index contributed by atoms with van der Waals surface area (Å²) >= 11 is 0. The SMILES string of the molecule is COC(=O)CN(c1ccccc1NC=O)N1CCN(C2CCNCC2)CC1.Cl.Cl. The van der Waals surface area contributed by atoms with Crippen molar-refractivity contribution < 1.29 is 14.3 Å². The Labute approximate surface area is 184 Å². The molecule has 0 aliphatic carbocycles. The van der Waals surface area contributed by atoms with E-state index < -0.39 is 0 Å². The van der Waals surface area contributed by atoms with Gasteiger partial charge in [0.15, 0.2) is 0 Å². The summed E-state index contributed by atoms with van der Waals surface area (Å²) in [5.74, 6) is -0.309. The molecule has 10 heteroatoms. The quantitative estimate of drug-likeness (QED) is 0.482. The van der Waals surface area contributed by atoms with Gasteiger partial charge in [-0.1, -0.05) is 12.1 Å². The largest absolute Gasteiger partial charge is 0.468 e. The van der Waals surface area contributed by atoms with Gasteiger partial charge in [0.2, 0.25) is 6.41 Å². The van der Waals surface area contributed by atoms with Crippen molar-refractivity contribution in [1.82, 2.24) is 15.2 Å². The van der Waals surface area contributed by atoms with Crippen molar-refractivity contribution in [2.24, 2.45) is 0 Å². The molecule has 1 aromatic rings. The Morgan fingerprint density at radius 3 is 2.48 bits per heavy atom. The number of halogens is 2. The summed E-state index contributed by atoms with van der Waals surface area (Å²) in [7, 11) is 1.39. The molecule has 2 aliphatic rings. The molecule has 0 radical (unpaired) electrons. The van der Waals surface area contributed by atoms with Gasteiger partial charge in [-0.25, -0.2) is 5.01 Å². The number of piperazine rings is 1. The zero-order valence-electron chi connectivity index (χ0n) is 16.7. The Morgan fingerprint density at radius 1 is 1.21 bits per heavy atom. The van der Waals surface area contributed by atoms with Gasteiger partial charge in [-0.05, 0) is 38.1 Å². The molecule has 0 bridgehead atoms. The van der Waals surface area contributed by atoms with Gasteiger partial charge in [-0.2, -0.15) is 0 Å². The minimum atomic E-state index is -0.309. The molecule has 3 rings (SSSR count). The molecule has 1 aromatic carbocycles. The topological polar surface area (TPSA) is 77.2 Å². The molecule has 2 heterocycles. The number of nitrogens with one attached hydrogen (secondary N) is 2. The third-order valence-electron chi connectivity index (χ3n) is 5.36. The van der Waals surface area contributed by atoms with Gasteiger partial charge in [-0.3, -0.25) is 19.5 Å². The summed E-state index contributed by atoms with van der Waals surface area (Å²) in [4.78, 5) is 25.6. The van der Waals surface area contributed by atoms with E-state index in [0.717, 1.165) is 45.0 Å². The van der Waals surface area contributed by atoms with Crippen molar-refractivity contribution in [3.05, 3.63) is 24.3 Å². The number of esters is 1. The molecule has 2 fully saturated rings. The summed E-state index contributed by atoms with van der Waals surface area (Å²) in [6.45, 7) is 5.87. The number of carbonyl (C=O) groups is 2. The van der Waals surface area contributed by atoms with Crippen LogP contribution >= 0.6 is 24.8 Å². The van der Waals surface area contributed by atoms with Gasteiger partial charge >= 0.3 is 5.97 Å². The smallest absolute Gasteiger partial charge is 0.326 e. The van der Waals surface area contributed by atoms with E-state index in [-0.39, 0.29) is 37.3 Å². The van der Waals surface area contributed by atoms with Gasteiger partial charge in [0, 0.05) is 32.2 Å². The lowest BCUT2D eigenvalue weighted by molar-refractivity contribution is -0.139. The number of hydrogen-bond acceptors (Lipinski definition) is 7. The first-order chi connectivity index (χ1) is 13.2. The number of rotatable bonds is 7. The molecular formula is C19H31Cl2N5O3. The van der Waals surface area contributed by atoms with Crippen LogP contribution < -0.4 is 15.6 Å². The second-order valence-corrected chi connectivity index (χ2v) is 6.88. The summed E-state index contributed by atoms with van der Waals surface area (Å²) in [5.41, 5.74) is 1.47. The number of anilines is 2. The zero-order chi connectivity index (χ0) is 19.1. The summed E-state index contributed by atoms with van der Waals surface area (Å²) < 4.78 is 4.89. The molecule has 2 N–H and O–H groups in total. The number of nitrogens with zero attached hydrogens (tertiary/aromatic N) is 3. The summed E-state index contributed by atoms with van der Waals surface area (Å²) in [6, 6.07) is 8.15. The van der Waals surface area contributed by atoms with E-state index in [2.05, 4.69) is 20.5 Å². The predicted molar refractivity (Wildman–Crippen MR) is 119 cm³/mol. The fraction of sp³-hybridized carbons (Fsp3) is 0.579. The normalized spacial score (nSPS) is 18.1. The van der Waals surface area contributed by atoms with Gasteiger partial charge in [0.1, 0.15) is 6.54 Å². The van der Waals surface area contributed by atoms with Crippen LogP contribution in [0.1, 0.15) is 12.8 Å². The molecule has 29 heavy (non-hydrogen) atoms.